The third-order valence-corrected chi connectivity index (χ3v) is 5.65. The lowest BCUT2D eigenvalue weighted by Crippen LogP contribution is -2.14. The Morgan fingerprint density at radius 3 is 2.16 bits per heavy atom. The number of rotatable bonds is 4. The quantitative estimate of drug-likeness (QED) is 0.331. The molecule has 32 heavy (non-hydrogen) atoms. The third-order valence-electron chi connectivity index (χ3n) is 5.65. The molecule has 0 aliphatic carbocycles. The minimum Gasteiger partial charge on any atom is -0.451 e. The number of fused-ring (bicyclic) bond motifs is 2. The normalized spacial score (nSPS) is 11.2. The highest BCUT2D eigenvalue weighted by atomic mass is 16.4. The first-order valence-corrected chi connectivity index (χ1v) is 10.4. The van der Waals surface area contributed by atoms with Gasteiger partial charge in [0, 0.05) is 21.9 Å². The van der Waals surface area contributed by atoms with E-state index >= 15 is 0 Å². The van der Waals surface area contributed by atoms with E-state index in [9.17, 15) is 9.59 Å². The zero-order valence-electron chi connectivity index (χ0n) is 18.0. The van der Waals surface area contributed by atoms with Crippen LogP contribution < -0.4 is 5.32 Å². The fourth-order valence-corrected chi connectivity index (χ4v) is 3.89. The van der Waals surface area contributed by atoms with Crippen LogP contribution in [0.3, 0.4) is 0 Å². The Kier molecular flexibility index (Phi) is 4.67. The molecule has 0 aliphatic rings. The molecular weight excluding hydrogens is 402 g/mol. The lowest BCUT2D eigenvalue weighted by atomic mass is 10.1. The van der Waals surface area contributed by atoms with Crippen LogP contribution in [0.2, 0.25) is 0 Å². The van der Waals surface area contributed by atoms with Crippen molar-refractivity contribution < 1.29 is 18.4 Å². The minimum atomic E-state index is -0.430. The monoisotopic (exact) mass is 423 g/mol. The van der Waals surface area contributed by atoms with Crippen molar-refractivity contribution >= 4 is 39.3 Å². The standard InChI is InChI=1S/C27H21NO4/c1-15-8-11-18(12-9-15)24(29)26-23(19-6-4-5-7-21(19)32-26)28-27(30)25-17(3)20-14-16(2)10-13-22(20)31-25/h4-14H,1-3H3,(H,28,30). The van der Waals surface area contributed by atoms with Crippen molar-refractivity contribution in [3.8, 4) is 0 Å². The maximum absolute atomic E-state index is 13.2. The van der Waals surface area contributed by atoms with Crippen molar-refractivity contribution in [3.63, 3.8) is 0 Å². The molecule has 0 saturated carbocycles. The number of hydrogen-bond acceptors (Lipinski definition) is 4. The van der Waals surface area contributed by atoms with Gasteiger partial charge in [-0.15, -0.1) is 0 Å². The average Bonchev–Trinajstić information content (AvgIpc) is 3.32. The number of aryl methyl sites for hydroxylation is 3. The van der Waals surface area contributed by atoms with Crippen molar-refractivity contribution in [2.24, 2.45) is 0 Å². The molecule has 1 N–H and O–H groups in total. The van der Waals surface area contributed by atoms with Gasteiger partial charge in [-0.3, -0.25) is 9.59 Å². The SMILES string of the molecule is Cc1ccc(C(=O)c2oc3ccccc3c2NC(=O)c2oc3ccc(C)cc3c2C)cc1. The van der Waals surface area contributed by atoms with Crippen molar-refractivity contribution in [3.05, 3.63) is 101 Å². The smallest absolute Gasteiger partial charge is 0.291 e. The number of ketones is 1. The van der Waals surface area contributed by atoms with Crippen LogP contribution in [0.4, 0.5) is 5.69 Å². The van der Waals surface area contributed by atoms with E-state index in [-0.39, 0.29) is 17.3 Å². The first kappa shape index (κ1) is 19.8. The fourth-order valence-electron chi connectivity index (χ4n) is 3.89. The van der Waals surface area contributed by atoms with E-state index in [4.69, 9.17) is 8.83 Å². The molecule has 3 aromatic carbocycles. The number of nitrogens with one attached hydrogen (secondary N) is 1. The summed E-state index contributed by atoms with van der Waals surface area (Å²) in [5.41, 5.74) is 4.88. The highest BCUT2D eigenvalue weighted by Gasteiger charge is 2.26. The van der Waals surface area contributed by atoms with Crippen LogP contribution in [-0.2, 0) is 0 Å². The van der Waals surface area contributed by atoms with Gasteiger partial charge in [-0.1, -0.05) is 53.6 Å². The number of carbonyl (C=O) groups is 2. The number of furan rings is 2. The summed E-state index contributed by atoms with van der Waals surface area (Å²) in [4.78, 5) is 26.5. The van der Waals surface area contributed by atoms with Gasteiger partial charge in [0.1, 0.15) is 11.2 Å². The number of amides is 1. The van der Waals surface area contributed by atoms with Gasteiger partial charge in [-0.05, 0) is 45.0 Å². The molecule has 5 rings (SSSR count). The summed E-state index contributed by atoms with van der Waals surface area (Å²) in [5.74, 6) is -0.424. The Morgan fingerprint density at radius 2 is 1.38 bits per heavy atom. The van der Waals surface area contributed by atoms with Crippen molar-refractivity contribution in [1.82, 2.24) is 0 Å². The van der Waals surface area contributed by atoms with Crippen LogP contribution >= 0.6 is 0 Å². The van der Waals surface area contributed by atoms with E-state index < -0.39 is 5.91 Å². The van der Waals surface area contributed by atoms with Gasteiger partial charge in [0.25, 0.3) is 5.91 Å². The van der Waals surface area contributed by atoms with Crippen LogP contribution in [0.5, 0.6) is 0 Å². The Balaban J connectivity index is 1.59. The van der Waals surface area contributed by atoms with E-state index in [1.807, 2.05) is 69.3 Å². The van der Waals surface area contributed by atoms with E-state index in [1.165, 1.54) is 0 Å². The fraction of sp³-hybridized carbons (Fsp3) is 0.111. The molecule has 0 bridgehead atoms. The molecule has 2 heterocycles. The lowest BCUT2D eigenvalue weighted by Gasteiger charge is -2.05. The summed E-state index contributed by atoms with van der Waals surface area (Å²) in [6.45, 7) is 5.80. The maximum Gasteiger partial charge on any atom is 0.291 e. The van der Waals surface area contributed by atoms with Gasteiger partial charge in [-0.2, -0.15) is 0 Å². The van der Waals surface area contributed by atoms with Gasteiger partial charge in [0.05, 0.1) is 5.69 Å². The van der Waals surface area contributed by atoms with Gasteiger partial charge >= 0.3 is 0 Å². The molecule has 0 spiro atoms. The van der Waals surface area contributed by atoms with Gasteiger partial charge < -0.3 is 14.2 Å². The first-order chi connectivity index (χ1) is 15.4. The number of benzene rings is 3. The van der Waals surface area contributed by atoms with Crippen molar-refractivity contribution in [2.75, 3.05) is 5.32 Å². The van der Waals surface area contributed by atoms with Gasteiger partial charge in [0.15, 0.2) is 11.5 Å². The summed E-state index contributed by atoms with van der Waals surface area (Å²) < 4.78 is 11.7. The summed E-state index contributed by atoms with van der Waals surface area (Å²) in [5, 5.41) is 4.43. The Morgan fingerprint density at radius 1 is 0.719 bits per heavy atom. The summed E-state index contributed by atoms with van der Waals surface area (Å²) in [6, 6.07) is 20.3. The third kappa shape index (κ3) is 3.28. The van der Waals surface area contributed by atoms with Crippen molar-refractivity contribution in [2.45, 2.75) is 20.8 Å². The van der Waals surface area contributed by atoms with E-state index in [0.717, 1.165) is 22.1 Å². The Hall–Kier alpha value is -4.12. The second-order valence-electron chi connectivity index (χ2n) is 8.01. The second-order valence-corrected chi connectivity index (χ2v) is 8.01. The van der Waals surface area contributed by atoms with Crippen LogP contribution in [0, 0.1) is 20.8 Å². The molecule has 0 aliphatic heterocycles. The van der Waals surface area contributed by atoms with E-state index in [0.29, 0.717) is 27.8 Å². The Labute approximate surface area is 184 Å². The van der Waals surface area contributed by atoms with Crippen LogP contribution in [-0.4, -0.2) is 11.7 Å². The topological polar surface area (TPSA) is 72.5 Å². The molecular formula is C27H21NO4. The minimum absolute atomic E-state index is 0.0908. The molecule has 0 atom stereocenters. The number of anilines is 1. The van der Waals surface area contributed by atoms with Gasteiger partial charge in [-0.25, -0.2) is 0 Å². The van der Waals surface area contributed by atoms with Crippen LogP contribution in [0.25, 0.3) is 21.9 Å². The molecule has 5 heteroatoms. The van der Waals surface area contributed by atoms with Crippen LogP contribution in [0.1, 0.15) is 43.4 Å². The average molecular weight is 423 g/mol. The molecule has 0 unspecified atom stereocenters. The predicted octanol–water partition coefficient (Wildman–Crippen LogP) is 6.59. The summed E-state index contributed by atoms with van der Waals surface area (Å²) >= 11 is 0. The van der Waals surface area contributed by atoms with E-state index in [1.54, 1.807) is 18.2 Å². The highest BCUT2D eigenvalue weighted by Crippen LogP contribution is 2.34. The molecule has 0 fully saturated rings. The number of hydrogen-bond donors (Lipinski definition) is 1. The zero-order valence-corrected chi connectivity index (χ0v) is 18.0. The highest BCUT2D eigenvalue weighted by molar-refractivity contribution is 6.19. The largest absolute Gasteiger partial charge is 0.451 e. The molecule has 5 aromatic rings. The second kappa shape index (κ2) is 7.54. The van der Waals surface area contributed by atoms with Crippen molar-refractivity contribution in [1.29, 1.82) is 0 Å². The summed E-state index contributed by atoms with van der Waals surface area (Å²) in [7, 11) is 0. The molecule has 5 nitrogen and oxygen atoms in total. The predicted molar refractivity (Wildman–Crippen MR) is 124 cm³/mol. The molecule has 158 valence electrons. The molecule has 2 aromatic heterocycles. The Bertz CT molecular complexity index is 1500. The van der Waals surface area contributed by atoms with Crippen LogP contribution in [0.15, 0.2) is 75.6 Å². The maximum atomic E-state index is 13.2. The molecule has 0 saturated heterocycles. The molecule has 0 radical (unpaired) electrons. The zero-order chi connectivity index (χ0) is 22.4. The molecule has 1 amide bonds. The number of carbonyl (C=O) groups excluding carboxylic acids is 2. The van der Waals surface area contributed by atoms with E-state index in [2.05, 4.69) is 5.32 Å². The van der Waals surface area contributed by atoms with Gasteiger partial charge in [0.2, 0.25) is 5.78 Å². The number of para-hydroxylation sites is 1. The summed E-state index contributed by atoms with van der Waals surface area (Å²) in [6.07, 6.45) is 0. The first-order valence-electron chi connectivity index (χ1n) is 10.4. The lowest BCUT2D eigenvalue weighted by molar-refractivity contribution is 0.0997.